The number of aryl methyl sites for hydroxylation is 2. The Bertz CT molecular complexity index is 769. The zero-order valence-corrected chi connectivity index (χ0v) is 16.2. The average molecular weight is 355 g/mol. The minimum atomic E-state index is 0.829. The summed E-state index contributed by atoms with van der Waals surface area (Å²) >= 11 is 6.26. The number of likely N-dealkylation sites (tertiary alicyclic amines) is 1. The largest absolute Gasteiger partial charge is 0.306 e. The van der Waals surface area contributed by atoms with Crippen LogP contribution in [0.1, 0.15) is 49.1 Å². The molecule has 0 spiro atoms. The van der Waals surface area contributed by atoms with Crippen molar-refractivity contribution in [3.8, 4) is 0 Å². The van der Waals surface area contributed by atoms with Crippen LogP contribution in [0.3, 0.4) is 0 Å². The number of benzene rings is 1. The zero-order chi connectivity index (χ0) is 17.8. The van der Waals surface area contributed by atoms with Crippen molar-refractivity contribution in [1.82, 2.24) is 9.88 Å². The van der Waals surface area contributed by atoms with E-state index in [0.717, 1.165) is 43.8 Å². The Morgan fingerprint density at radius 1 is 0.960 bits per heavy atom. The maximum Gasteiger partial charge on any atom is 0.0739 e. The van der Waals surface area contributed by atoms with Gasteiger partial charge >= 0.3 is 0 Å². The second-order valence-electron chi connectivity index (χ2n) is 6.59. The monoisotopic (exact) mass is 354 g/mol. The molecular weight excluding hydrogens is 328 g/mol. The molecule has 1 aromatic carbocycles. The summed E-state index contributed by atoms with van der Waals surface area (Å²) in [5, 5.41) is 0.829. The lowest BCUT2D eigenvalue weighted by Gasteiger charge is -2.27. The predicted octanol–water partition coefficient (Wildman–Crippen LogP) is 5.39. The number of hydrogen-bond acceptors (Lipinski definition) is 2. The maximum absolute atomic E-state index is 6.26. The smallest absolute Gasteiger partial charge is 0.0739 e. The van der Waals surface area contributed by atoms with Crippen LogP contribution in [-0.2, 0) is 12.8 Å². The summed E-state index contributed by atoms with van der Waals surface area (Å²) in [7, 11) is 2.20. The molecule has 1 saturated heterocycles. The Kier molecular flexibility index (Phi) is 5.93. The van der Waals surface area contributed by atoms with Crippen molar-refractivity contribution >= 4 is 17.2 Å². The Morgan fingerprint density at radius 2 is 1.68 bits per heavy atom. The van der Waals surface area contributed by atoms with Crippen molar-refractivity contribution in [2.24, 2.45) is 0 Å². The van der Waals surface area contributed by atoms with E-state index in [2.05, 4.69) is 36.2 Å². The quantitative estimate of drug-likeness (QED) is 0.630. The van der Waals surface area contributed by atoms with Crippen molar-refractivity contribution < 1.29 is 0 Å². The molecule has 0 bridgehead atoms. The Hall–Kier alpha value is -1.64. The van der Waals surface area contributed by atoms with Crippen LogP contribution in [0.25, 0.3) is 5.57 Å². The van der Waals surface area contributed by atoms with Gasteiger partial charge in [0.05, 0.1) is 5.69 Å². The molecule has 1 aliphatic carbocycles. The Balaban J connectivity index is 0.000000880. The van der Waals surface area contributed by atoms with Gasteiger partial charge in [0, 0.05) is 29.9 Å². The second kappa shape index (κ2) is 8.16. The summed E-state index contributed by atoms with van der Waals surface area (Å²) in [5.74, 6) is 0. The summed E-state index contributed by atoms with van der Waals surface area (Å²) in [6.07, 6.45) is 6.25. The number of pyridine rings is 1. The van der Waals surface area contributed by atoms with Crippen LogP contribution in [0, 0.1) is 0 Å². The molecule has 4 rings (SSSR count). The van der Waals surface area contributed by atoms with Gasteiger partial charge in [-0.2, -0.15) is 0 Å². The molecular formula is C22H27ClN2. The molecule has 2 aliphatic rings. The standard InChI is InChI=1S/C20H21ClN2.C2H6/c1-23-11-8-14(9-12-23)19-18-7-6-17(21)13-16(18)5-4-15-3-2-10-22-20(15)19;1-2/h2-3,6-7,10,13H,4-5,8-9,11-12H2,1H3;1-2H3. The number of rotatable bonds is 0. The summed E-state index contributed by atoms with van der Waals surface area (Å²) in [6, 6.07) is 10.6. The van der Waals surface area contributed by atoms with E-state index in [1.54, 1.807) is 5.57 Å². The number of nitrogens with zero attached hydrogens (tertiary/aromatic N) is 2. The lowest BCUT2D eigenvalue weighted by Crippen LogP contribution is -2.27. The van der Waals surface area contributed by atoms with Crippen molar-refractivity contribution in [1.29, 1.82) is 0 Å². The van der Waals surface area contributed by atoms with Gasteiger partial charge < -0.3 is 4.90 Å². The molecule has 1 aromatic heterocycles. The van der Waals surface area contributed by atoms with E-state index in [9.17, 15) is 0 Å². The van der Waals surface area contributed by atoms with E-state index in [0.29, 0.717) is 0 Å². The third-order valence-electron chi connectivity index (χ3n) is 5.07. The van der Waals surface area contributed by atoms with E-state index in [4.69, 9.17) is 16.6 Å². The topological polar surface area (TPSA) is 16.1 Å². The van der Waals surface area contributed by atoms with Gasteiger partial charge in [-0.15, -0.1) is 0 Å². The lowest BCUT2D eigenvalue weighted by molar-refractivity contribution is 0.313. The minimum absolute atomic E-state index is 0.829. The molecule has 0 unspecified atom stereocenters. The van der Waals surface area contributed by atoms with Crippen LogP contribution in [0.4, 0.5) is 0 Å². The molecule has 1 fully saturated rings. The first-order valence-electron chi connectivity index (χ1n) is 9.36. The first-order valence-corrected chi connectivity index (χ1v) is 9.74. The number of fused-ring (bicyclic) bond motifs is 2. The Morgan fingerprint density at radius 3 is 2.44 bits per heavy atom. The molecule has 0 atom stereocenters. The molecule has 0 saturated carbocycles. The summed E-state index contributed by atoms with van der Waals surface area (Å²) in [5.41, 5.74) is 8.17. The number of piperidine rings is 1. The third-order valence-corrected chi connectivity index (χ3v) is 5.31. The van der Waals surface area contributed by atoms with E-state index in [-0.39, 0.29) is 0 Å². The zero-order valence-electron chi connectivity index (χ0n) is 15.5. The fraction of sp³-hybridized carbons (Fsp3) is 0.409. The normalized spacial score (nSPS) is 17.1. The first kappa shape index (κ1) is 18.2. The van der Waals surface area contributed by atoms with E-state index >= 15 is 0 Å². The van der Waals surface area contributed by atoms with Gasteiger partial charge in [0.15, 0.2) is 0 Å². The van der Waals surface area contributed by atoms with Gasteiger partial charge in [0.2, 0.25) is 0 Å². The minimum Gasteiger partial charge on any atom is -0.306 e. The van der Waals surface area contributed by atoms with Gasteiger partial charge in [0.25, 0.3) is 0 Å². The molecule has 2 nitrogen and oxygen atoms in total. The van der Waals surface area contributed by atoms with Crippen LogP contribution >= 0.6 is 11.6 Å². The molecule has 0 radical (unpaired) electrons. The van der Waals surface area contributed by atoms with Crippen LogP contribution in [0.15, 0.2) is 42.1 Å². The third kappa shape index (κ3) is 3.80. The van der Waals surface area contributed by atoms with Crippen LogP contribution < -0.4 is 0 Å². The molecule has 0 N–H and O–H groups in total. The molecule has 3 heteroatoms. The lowest BCUT2D eigenvalue weighted by atomic mass is 9.89. The molecule has 0 amide bonds. The highest BCUT2D eigenvalue weighted by atomic mass is 35.5. The van der Waals surface area contributed by atoms with Crippen molar-refractivity contribution in [3.05, 3.63) is 69.5 Å². The molecule has 1 aliphatic heterocycles. The van der Waals surface area contributed by atoms with Gasteiger partial charge in [-0.1, -0.05) is 43.2 Å². The number of halogens is 1. The SMILES string of the molecule is CC.CN1CCC(=C2c3ccc(Cl)cc3CCc3cccnc32)CC1. The average Bonchev–Trinajstić information content (AvgIpc) is 2.81. The van der Waals surface area contributed by atoms with Crippen LogP contribution in [0.5, 0.6) is 0 Å². The Labute approximate surface area is 156 Å². The highest BCUT2D eigenvalue weighted by Crippen LogP contribution is 2.38. The second-order valence-corrected chi connectivity index (χ2v) is 7.03. The summed E-state index contributed by atoms with van der Waals surface area (Å²) < 4.78 is 0. The highest BCUT2D eigenvalue weighted by molar-refractivity contribution is 6.30. The molecule has 2 heterocycles. The molecule has 2 aromatic rings. The predicted molar refractivity (Wildman–Crippen MR) is 107 cm³/mol. The van der Waals surface area contributed by atoms with E-state index in [1.807, 2.05) is 26.1 Å². The molecule has 132 valence electrons. The van der Waals surface area contributed by atoms with Crippen molar-refractivity contribution in [2.45, 2.75) is 39.5 Å². The summed E-state index contributed by atoms with van der Waals surface area (Å²) in [6.45, 7) is 6.26. The van der Waals surface area contributed by atoms with Crippen LogP contribution in [-0.4, -0.2) is 30.0 Å². The van der Waals surface area contributed by atoms with Crippen molar-refractivity contribution in [3.63, 3.8) is 0 Å². The fourth-order valence-corrected chi connectivity index (χ4v) is 3.97. The van der Waals surface area contributed by atoms with E-state index in [1.165, 1.54) is 28.0 Å². The first-order chi connectivity index (χ1) is 12.2. The highest BCUT2D eigenvalue weighted by Gasteiger charge is 2.24. The van der Waals surface area contributed by atoms with Crippen molar-refractivity contribution in [2.75, 3.05) is 20.1 Å². The van der Waals surface area contributed by atoms with Gasteiger partial charge in [-0.25, -0.2) is 0 Å². The molecule has 25 heavy (non-hydrogen) atoms. The number of aromatic nitrogens is 1. The van der Waals surface area contributed by atoms with Gasteiger partial charge in [0.1, 0.15) is 0 Å². The fourth-order valence-electron chi connectivity index (χ4n) is 3.77. The summed E-state index contributed by atoms with van der Waals surface area (Å²) in [4.78, 5) is 7.18. The number of hydrogen-bond donors (Lipinski definition) is 0. The van der Waals surface area contributed by atoms with Gasteiger partial charge in [-0.3, -0.25) is 4.98 Å². The van der Waals surface area contributed by atoms with Crippen LogP contribution in [0.2, 0.25) is 5.02 Å². The van der Waals surface area contributed by atoms with Gasteiger partial charge in [-0.05, 0) is 67.6 Å². The maximum atomic E-state index is 6.26. The van der Waals surface area contributed by atoms with E-state index < -0.39 is 0 Å².